The number of carbonyl (C=O) groups is 3. The smallest absolute Gasteiger partial charge is 0.163 e. The van der Waals surface area contributed by atoms with Crippen LogP contribution in [0.3, 0.4) is 0 Å². The van der Waals surface area contributed by atoms with Crippen LogP contribution in [0, 0.1) is 5.92 Å². The SMILES string of the molecule is O=C(CC(CC(=O)c1ccc(S(=O)(=O)[O-])cc1)C(=O)[O-])c1ccc(S(=O)(=O)[O-])cc1. The van der Waals surface area contributed by atoms with Crippen molar-refractivity contribution in [2.45, 2.75) is 22.6 Å². The summed E-state index contributed by atoms with van der Waals surface area (Å²) in [7, 11) is -9.42. The second kappa shape index (κ2) is 8.83. The second-order valence-corrected chi connectivity index (χ2v) is 8.99. The van der Waals surface area contributed by atoms with Crippen LogP contribution in [0.15, 0.2) is 58.3 Å². The van der Waals surface area contributed by atoms with Gasteiger partial charge in [-0.2, -0.15) is 0 Å². The molecule has 0 aliphatic heterocycles. The van der Waals surface area contributed by atoms with E-state index in [1.165, 1.54) is 0 Å². The Bertz CT molecular complexity index is 1090. The van der Waals surface area contributed by atoms with Gasteiger partial charge in [0.15, 0.2) is 11.6 Å². The van der Waals surface area contributed by atoms with E-state index in [4.69, 9.17) is 0 Å². The number of hydrogen-bond acceptors (Lipinski definition) is 10. The summed E-state index contributed by atoms with van der Waals surface area (Å²) >= 11 is 0. The molecule has 30 heavy (non-hydrogen) atoms. The van der Waals surface area contributed by atoms with Gasteiger partial charge < -0.3 is 19.0 Å². The van der Waals surface area contributed by atoms with Crippen LogP contribution in [0.25, 0.3) is 0 Å². The molecule has 0 spiro atoms. The van der Waals surface area contributed by atoms with E-state index in [0.29, 0.717) is 0 Å². The quantitative estimate of drug-likeness (QED) is 0.360. The number of carboxylic acids is 1. The molecule has 2 aromatic carbocycles. The summed E-state index contributed by atoms with van der Waals surface area (Å²) in [5.74, 6) is -4.63. The van der Waals surface area contributed by atoms with Crippen LogP contribution in [0.2, 0.25) is 0 Å². The van der Waals surface area contributed by atoms with Gasteiger partial charge in [-0.25, -0.2) is 16.8 Å². The molecule has 12 heteroatoms. The Kier molecular flexibility index (Phi) is 6.87. The highest BCUT2D eigenvalue weighted by molar-refractivity contribution is 7.86. The van der Waals surface area contributed by atoms with E-state index in [-0.39, 0.29) is 11.1 Å². The van der Waals surface area contributed by atoms with E-state index in [2.05, 4.69) is 0 Å². The van der Waals surface area contributed by atoms with E-state index >= 15 is 0 Å². The summed E-state index contributed by atoms with van der Waals surface area (Å²) in [4.78, 5) is 34.7. The largest absolute Gasteiger partial charge is 0.744 e. The number of hydrogen-bond donors (Lipinski definition) is 0. The Hall–Kier alpha value is -2.93. The van der Waals surface area contributed by atoms with Crippen LogP contribution in [-0.2, 0) is 25.0 Å². The maximum Gasteiger partial charge on any atom is 0.163 e. The van der Waals surface area contributed by atoms with E-state index < -0.39 is 66.3 Å². The van der Waals surface area contributed by atoms with Crippen LogP contribution in [0.1, 0.15) is 33.6 Å². The number of carboxylic acid groups (broad SMARTS) is 1. The maximum atomic E-state index is 12.3. The zero-order valence-corrected chi connectivity index (χ0v) is 16.6. The highest BCUT2D eigenvalue weighted by Crippen LogP contribution is 2.19. The molecule has 10 nitrogen and oxygen atoms in total. The molecule has 0 fully saturated rings. The highest BCUT2D eigenvalue weighted by Gasteiger charge is 2.21. The van der Waals surface area contributed by atoms with Crippen molar-refractivity contribution < 1.29 is 45.4 Å². The van der Waals surface area contributed by atoms with Crippen LogP contribution >= 0.6 is 0 Å². The highest BCUT2D eigenvalue weighted by atomic mass is 32.2. The van der Waals surface area contributed by atoms with Crippen LogP contribution < -0.4 is 5.11 Å². The Balaban J connectivity index is 2.13. The molecule has 0 aliphatic rings. The molecule has 2 aromatic rings. The Morgan fingerprint density at radius 2 is 0.967 bits per heavy atom. The molecule has 0 radical (unpaired) electrons. The zero-order valence-electron chi connectivity index (χ0n) is 15.0. The van der Waals surface area contributed by atoms with Gasteiger partial charge in [-0.3, -0.25) is 9.59 Å². The van der Waals surface area contributed by atoms with Crippen molar-refractivity contribution in [1.82, 2.24) is 0 Å². The average Bonchev–Trinajstić information content (AvgIpc) is 2.66. The molecule has 0 saturated heterocycles. The molecule has 0 saturated carbocycles. The standard InChI is InChI=1S/C18H16O10S2/c19-16(11-1-5-14(6-2-11)29(23,24)25)9-13(18(21)22)10-17(20)12-3-7-15(8-4-12)30(26,27)28/h1-8,13H,9-10H2,(H,21,22)(H,23,24,25)(H,26,27,28)/p-3. The van der Waals surface area contributed by atoms with Crippen LogP contribution in [0.5, 0.6) is 0 Å². The summed E-state index contributed by atoms with van der Waals surface area (Å²) in [5, 5.41) is 11.3. The van der Waals surface area contributed by atoms with Gasteiger partial charge in [-0.05, 0) is 24.3 Å². The van der Waals surface area contributed by atoms with E-state index in [1.54, 1.807) is 0 Å². The van der Waals surface area contributed by atoms with E-state index in [1.807, 2.05) is 0 Å². The van der Waals surface area contributed by atoms with Crippen molar-refractivity contribution >= 4 is 37.8 Å². The lowest BCUT2D eigenvalue weighted by Gasteiger charge is -2.17. The number of carbonyl (C=O) groups excluding carboxylic acids is 3. The molecule has 0 aromatic heterocycles. The zero-order chi connectivity index (χ0) is 22.7. The van der Waals surface area contributed by atoms with Gasteiger partial charge in [0.25, 0.3) is 0 Å². The third-order valence-corrected chi connectivity index (χ3v) is 5.83. The first kappa shape index (κ1) is 23.3. The number of ketones is 2. The van der Waals surface area contributed by atoms with E-state index in [0.717, 1.165) is 48.5 Å². The minimum atomic E-state index is -4.71. The molecular weight excluding hydrogens is 440 g/mol. The average molecular weight is 453 g/mol. The molecule has 0 amide bonds. The molecule has 0 atom stereocenters. The van der Waals surface area contributed by atoms with Crippen LogP contribution in [-0.4, -0.2) is 43.5 Å². The number of Topliss-reactive ketones (excluding diaryl/α,β-unsaturated/α-hetero) is 2. The fraction of sp³-hybridized carbons (Fsp3) is 0.167. The summed E-state index contributed by atoms with van der Waals surface area (Å²) in [6.45, 7) is 0. The monoisotopic (exact) mass is 453 g/mol. The Labute approximate surface area is 171 Å². The summed E-state index contributed by atoms with van der Waals surface area (Å²) < 4.78 is 65.4. The predicted octanol–water partition coefficient (Wildman–Crippen LogP) is -0.293. The van der Waals surface area contributed by atoms with Gasteiger partial charge in [0, 0.05) is 35.9 Å². The topological polar surface area (TPSA) is 189 Å². The molecule has 0 heterocycles. The van der Waals surface area contributed by atoms with Crippen molar-refractivity contribution in [1.29, 1.82) is 0 Å². The lowest BCUT2D eigenvalue weighted by atomic mass is 9.92. The third-order valence-electron chi connectivity index (χ3n) is 4.13. The fourth-order valence-electron chi connectivity index (χ4n) is 2.54. The predicted molar refractivity (Wildman–Crippen MR) is 95.2 cm³/mol. The summed E-state index contributed by atoms with van der Waals surface area (Å²) in [6, 6.07) is 7.79. The Morgan fingerprint density at radius 3 is 1.20 bits per heavy atom. The van der Waals surface area contributed by atoms with Crippen molar-refractivity contribution in [3.63, 3.8) is 0 Å². The first-order chi connectivity index (χ1) is 13.8. The number of aliphatic carboxylic acids is 1. The van der Waals surface area contributed by atoms with Gasteiger partial charge in [0.2, 0.25) is 0 Å². The molecule has 160 valence electrons. The molecule has 0 bridgehead atoms. The van der Waals surface area contributed by atoms with Gasteiger partial charge in [-0.15, -0.1) is 0 Å². The minimum Gasteiger partial charge on any atom is -0.744 e. The fourth-order valence-corrected chi connectivity index (χ4v) is 3.48. The first-order valence-corrected chi connectivity index (χ1v) is 11.0. The van der Waals surface area contributed by atoms with Gasteiger partial charge in [0.05, 0.1) is 9.79 Å². The minimum absolute atomic E-state index is 0.0638. The molecular formula is C18H13O10S2-3. The lowest BCUT2D eigenvalue weighted by molar-refractivity contribution is -0.311. The van der Waals surface area contributed by atoms with Gasteiger partial charge in [-0.1, -0.05) is 24.3 Å². The summed E-state index contributed by atoms with van der Waals surface area (Å²) in [5.41, 5.74) is -0.128. The second-order valence-electron chi connectivity index (χ2n) is 6.23. The molecule has 0 N–H and O–H groups in total. The summed E-state index contributed by atoms with van der Waals surface area (Å²) in [6.07, 6.45) is -1.27. The van der Waals surface area contributed by atoms with Crippen molar-refractivity contribution in [2.24, 2.45) is 5.92 Å². The van der Waals surface area contributed by atoms with Gasteiger partial charge in [0.1, 0.15) is 20.2 Å². The molecule has 0 unspecified atom stereocenters. The number of benzene rings is 2. The first-order valence-electron chi connectivity index (χ1n) is 8.18. The van der Waals surface area contributed by atoms with E-state index in [9.17, 15) is 45.4 Å². The van der Waals surface area contributed by atoms with Crippen LogP contribution in [0.4, 0.5) is 0 Å². The van der Waals surface area contributed by atoms with Crippen molar-refractivity contribution in [3.8, 4) is 0 Å². The van der Waals surface area contributed by atoms with Gasteiger partial charge >= 0.3 is 0 Å². The lowest BCUT2D eigenvalue weighted by Crippen LogP contribution is -2.34. The molecule has 2 rings (SSSR count). The normalized spacial score (nSPS) is 12.0. The van der Waals surface area contributed by atoms with Crippen molar-refractivity contribution in [2.75, 3.05) is 0 Å². The maximum absolute atomic E-state index is 12.3. The Morgan fingerprint density at radius 1 is 0.667 bits per heavy atom. The third kappa shape index (κ3) is 6.03. The molecule has 0 aliphatic carbocycles. The number of rotatable bonds is 9. The van der Waals surface area contributed by atoms with Crippen molar-refractivity contribution in [3.05, 3.63) is 59.7 Å².